The maximum atomic E-state index is 10.8. The number of nitro groups is 1. The first-order valence-electron chi connectivity index (χ1n) is 8.74. The second-order valence-corrected chi connectivity index (χ2v) is 7.05. The highest BCUT2D eigenvalue weighted by Gasteiger charge is 2.34. The molecule has 4 heteroatoms. The normalized spacial score (nSPS) is 23.3. The number of hydrogen-bond donors (Lipinski definition) is 0. The van der Waals surface area contributed by atoms with Gasteiger partial charge in [-0.1, -0.05) is 36.4 Å². The third-order valence-electron chi connectivity index (χ3n) is 5.61. The number of likely N-dealkylation sites (tertiary alicyclic amines) is 1. The second kappa shape index (κ2) is 6.36. The molecule has 4 nitrogen and oxygen atoms in total. The minimum absolute atomic E-state index is 0.168. The molecule has 4 rings (SSSR count). The average Bonchev–Trinajstić information content (AvgIpc) is 2.62. The van der Waals surface area contributed by atoms with Crippen LogP contribution in [-0.4, -0.2) is 22.9 Å². The molecular weight excluding hydrogens is 300 g/mol. The maximum Gasteiger partial charge on any atom is 0.269 e. The summed E-state index contributed by atoms with van der Waals surface area (Å²) < 4.78 is 0. The first kappa shape index (κ1) is 15.3. The van der Waals surface area contributed by atoms with Crippen molar-refractivity contribution >= 4 is 5.69 Å². The Kier molecular flexibility index (Phi) is 4.07. The van der Waals surface area contributed by atoms with Crippen molar-refractivity contribution in [1.29, 1.82) is 0 Å². The molecular formula is C20H22N2O2. The van der Waals surface area contributed by atoms with E-state index in [0.29, 0.717) is 5.92 Å². The number of nitrogens with zero attached hydrogens (tertiary/aromatic N) is 2. The SMILES string of the molecule is O=[N+]([O-])c1ccc(CN2CCC3c4ccccc4CCC3C2)cc1. The van der Waals surface area contributed by atoms with Crippen molar-refractivity contribution in [3.05, 3.63) is 75.3 Å². The van der Waals surface area contributed by atoms with Crippen LogP contribution < -0.4 is 0 Å². The van der Waals surface area contributed by atoms with Gasteiger partial charge in [-0.2, -0.15) is 0 Å². The zero-order valence-corrected chi connectivity index (χ0v) is 13.7. The maximum absolute atomic E-state index is 10.8. The third kappa shape index (κ3) is 2.94. The van der Waals surface area contributed by atoms with E-state index in [4.69, 9.17) is 0 Å². The van der Waals surface area contributed by atoms with Crippen LogP contribution in [0.25, 0.3) is 0 Å². The Morgan fingerprint density at radius 2 is 1.88 bits per heavy atom. The number of fused-ring (bicyclic) bond motifs is 3. The number of benzene rings is 2. The van der Waals surface area contributed by atoms with Crippen LogP contribution >= 0.6 is 0 Å². The summed E-state index contributed by atoms with van der Waals surface area (Å²) >= 11 is 0. The lowest BCUT2D eigenvalue weighted by Gasteiger charge is -2.42. The highest BCUT2D eigenvalue weighted by Crippen LogP contribution is 2.41. The zero-order valence-electron chi connectivity index (χ0n) is 13.7. The minimum atomic E-state index is -0.339. The lowest BCUT2D eigenvalue weighted by molar-refractivity contribution is -0.384. The third-order valence-corrected chi connectivity index (χ3v) is 5.61. The standard InChI is InChI=1S/C20H22N2O2/c23-22(24)18-9-5-15(6-10-18)13-21-12-11-20-17(14-21)8-7-16-3-1-2-4-19(16)20/h1-6,9-10,17,20H,7-8,11-14H2. The molecule has 2 unspecified atom stereocenters. The van der Waals surface area contributed by atoms with Crippen LogP contribution in [0, 0.1) is 16.0 Å². The molecule has 0 amide bonds. The smallest absolute Gasteiger partial charge is 0.269 e. The van der Waals surface area contributed by atoms with Gasteiger partial charge in [0.1, 0.15) is 0 Å². The topological polar surface area (TPSA) is 46.4 Å². The molecule has 1 aliphatic carbocycles. The second-order valence-electron chi connectivity index (χ2n) is 7.05. The van der Waals surface area contributed by atoms with Crippen LogP contribution in [0.4, 0.5) is 5.69 Å². The van der Waals surface area contributed by atoms with Crippen molar-refractivity contribution in [3.63, 3.8) is 0 Å². The summed E-state index contributed by atoms with van der Waals surface area (Å²) in [4.78, 5) is 12.9. The first-order chi connectivity index (χ1) is 11.7. The molecule has 0 radical (unpaired) electrons. The Hall–Kier alpha value is -2.20. The molecule has 0 saturated carbocycles. The molecule has 1 fully saturated rings. The predicted molar refractivity (Wildman–Crippen MR) is 94.0 cm³/mol. The summed E-state index contributed by atoms with van der Waals surface area (Å²) in [6.07, 6.45) is 3.69. The molecule has 2 aliphatic rings. The van der Waals surface area contributed by atoms with Gasteiger partial charge in [0.05, 0.1) is 4.92 Å². The van der Waals surface area contributed by atoms with Crippen LogP contribution in [0.5, 0.6) is 0 Å². The number of nitro benzene ring substituents is 1. The average molecular weight is 322 g/mol. The van der Waals surface area contributed by atoms with E-state index in [0.717, 1.165) is 31.1 Å². The lowest BCUT2D eigenvalue weighted by Crippen LogP contribution is -2.40. The minimum Gasteiger partial charge on any atom is -0.299 e. The van der Waals surface area contributed by atoms with Crippen LogP contribution in [0.1, 0.15) is 35.4 Å². The highest BCUT2D eigenvalue weighted by molar-refractivity contribution is 5.35. The molecule has 2 aromatic rings. The lowest BCUT2D eigenvalue weighted by atomic mass is 9.71. The predicted octanol–water partition coefficient (Wildman–Crippen LogP) is 4.15. The van der Waals surface area contributed by atoms with Crippen molar-refractivity contribution in [2.24, 2.45) is 5.92 Å². The fourth-order valence-electron chi connectivity index (χ4n) is 4.40. The van der Waals surface area contributed by atoms with Crippen molar-refractivity contribution in [2.75, 3.05) is 13.1 Å². The Morgan fingerprint density at radius 1 is 1.08 bits per heavy atom. The number of aryl methyl sites for hydroxylation is 1. The van der Waals surface area contributed by atoms with Gasteiger partial charge in [0.2, 0.25) is 0 Å². The van der Waals surface area contributed by atoms with E-state index in [1.165, 1.54) is 19.3 Å². The van der Waals surface area contributed by atoms with Crippen LogP contribution in [-0.2, 0) is 13.0 Å². The van der Waals surface area contributed by atoms with Gasteiger partial charge < -0.3 is 0 Å². The van der Waals surface area contributed by atoms with Crippen molar-refractivity contribution < 1.29 is 4.92 Å². The largest absolute Gasteiger partial charge is 0.299 e. The summed E-state index contributed by atoms with van der Waals surface area (Å²) in [5.74, 6) is 1.45. The van der Waals surface area contributed by atoms with E-state index in [1.807, 2.05) is 12.1 Å². The molecule has 2 aromatic carbocycles. The van der Waals surface area contributed by atoms with Crippen molar-refractivity contribution in [1.82, 2.24) is 4.90 Å². The summed E-state index contributed by atoms with van der Waals surface area (Å²) in [5, 5.41) is 10.8. The van der Waals surface area contributed by atoms with E-state index >= 15 is 0 Å². The summed E-state index contributed by atoms with van der Waals surface area (Å²) in [5.41, 5.74) is 4.45. The molecule has 2 atom stereocenters. The fourth-order valence-corrected chi connectivity index (χ4v) is 4.40. The molecule has 0 N–H and O–H groups in total. The van der Waals surface area contributed by atoms with Gasteiger partial charge in [0, 0.05) is 25.2 Å². The summed E-state index contributed by atoms with van der Waals surface area (Å²) in [6.45, 7) is 3.13. The fraction of sp³-hybridized carbons (Fsp3) is 0.400. The van der Waals surface area contributed by atoms with Gasteiger partial charge in [-0.3, -0.25) is 15.0 Å². The van der Waals surface area contributed by atoms with Gasteiger partial charge in [-0.25, -0.2) is 0 Å². The van der Waals surface area contributed by atoms with E-state index in [2.05, 4.69) is 29.2 Å². The molecule has 24 heavy (non-hydrogen) atoms. The van der Waals surface area contributed by atoms with Gasteiger partial charge in [0.15, 0.2) is 0 Å². The van der Waals surface area contributed by atoms with Gasteiger partial charge in [-0.05, 0) is 54.3 Å². The quantitative estimate of drug-likeness (QED) is 0.630. The number of hydrogen-bond acceptors (Lipinski definition) is 3. The van der Waals surface area contributed by atoms with E-state index in [9.17, 15) is 10.1 Å². The molecule has 1 heterocycles. The Morgan fingerprint density at radius 3 is 2.67 bits per heavy atom. The van der Waals surface area contributed by atoms with Gasteiger partial charge >= 0.3 is 0 Å². The van der Waals surface area contributed by atoms with Gasteiger partial charge in [0.25, 0.3) is 5.69 Å². The molecule has 0 spiro atoms. The highest BCUT2D eigenvalue weighted by atomic mass is 16.6. The summed E-state index contributed by atoms with van der Waals surface area (Å²) in [6, 6.07) is 15.9. The zero-order chi connectivity index (χ0) is 16.5. The van der Waals surface area contributed by atoms with E-state index in [-0.39, 0.29) is 10.6 Å². The van der Waals surface area contributed by atoms with Crippen LogP contribution in [0.3, 0.4) is 0 Å². The van der Waals surface area contributed by atoms with Gasteiger partial charge in [-0.15, -0.1) is 0 Å². The van der Waals surface area contributed by atoms with Crippen LogP contribution in [0.2, 0.25) is 0 Å². The van der Waals surface area contributed by atoms with Crippen molar-refractivity contribution in [2.45, 2.75) is 31.7 Å². The Balaban J connectivity index is 1.43. The summed E-state index contributed by atoms with van der Waals surface area (Å²) in [7, 11) is 0. The number of rotatable bonds is 3. The molecule has 0 aromatic heterocycles. The van der Waals surface area contributed by atoms with Crippen molar-refractivity contribution in [3.8, 4) is 0 Å². The Bertz CT molecular complexity index is 742. The molecule has 124 valence electrons. The first-order valence-corrected chi connectivity index (χ1v) is 8.74. The number of non-ortho nitro benzene ring substituents is 1. The molecule has 1 saturated heterocycles. The van der Waals surface area contributed by atoms with E-state index < -0.39 is 0 Å². The monoisotopic (exact) mass is 322 g/mol. The number of piperidine rings is 1. The molecule has 0 bridgehead atoms. The van der Waals surface area contributed by atoms with E-state index in [1.54, 1.807) is 23.3 Å². The van der Waals surface area contributed by atoms with Crippen LogP contribution in [0.15, 0.2) is 48.5 Å². The molecule has 1 aliphatic heterocycles. The Labute approximate surface area is 142 Å².